The Morgan fingerprint density at radius 2 is 1.57 bits per heavy atom. The Bertz CT molecular complexity index is 1490. The molecule has 0 saturated carbocycles. The van der Waals surface area contributed by atoms with Crippen LogP contribution in [0, 0.1) is 5.82 Å². The number of nitrogens with one attached hydrogen (secondary N) is 2. The fraction of sp³-hybridized carbons (Fsp3) is 0.0357. The number of amides is 1. The standard InChI is InChI=1S/C28H22FN5O/c1-34(25-4-2-3-24(18-25)32-23-12-14-30-15-13-23)28(35)20-6-9-22(10-7-20)33-27-26-17-21(29)8-5-19(26)11-16-31-27/h2-18H,1H3,(H,30,32)(H,31,33). The molecular formula is C28H22FN5O. The minimum Gasteiger partial charge on any atom is -0.355 e. The van der Waals surface area contributed by atoms with Gasteiger partial charge in [-0.1, -0.05) is 12.1 Å². The summed E-state index contributed by atoms with van der Waals surface area (Å²) in [5.41, 5.74) is 3.84. The van der Waals surface area contributed by atoms with Gasteiger partial charge in [0.05, 0.1) is 0 Å². The second-order valence-corrected chi connectivity index (χ2v) is 8.00. The number of halogens is 1. The molecule has 2 aromatic heterocycles. The number of nitrogens with zero attached hydrogens (tertiary/aromatic N) is 3. The summed E-state index contributed by atoms with van der Waals surface area (Å²) in [6, 6.07) is 25.0. The third kappa shape index (κ3) is 4.94. The Labute approximate surface area is 202 Å². The number of carbonyl (C=O) groups excluding carboxylic acids is 1. The van der Waals surface area contributed by atoms with Crippen molar-refractivity contribution < 1.29 is 9.18 Å². The lowest BCUT2D eigenvalue weighted by Gasteiger charge is -2.19. The summed E-state index contributed by atoms with van der Waals surface area (Å²) < 4.78 is 13.7. The van der Waals surface area contributed by atoms with E-state index in [4.69, 9.17) is 0 Å². The maximum Gasteiger partial charge on any atom is 0.258 e. The van der Waals surface area contributed by atoms with Crippen LogP contribution in [0.4, 0.5) is 33.0 Å². The second-order valence-electron chi connectivity index (χ2n) is 8.00. The number of anilines is 5. The smallest absolute Gasteiger partial charge is 0.258 e. The van der Waals surface area contributed by atoms with Gasteiger partial charge in [-0.25, -0.2) is 9.37 Å². The molecule has 0 fully saturated rings. The summed E-state index contributed by atoms with van der Waals surface area (Å²) in [4.78, 5) is 23.1. The maximum atomic E-state index is 13.7. The van der Waals surface area contributed by atoms with Crippen LogP contribution in [0.25, 0.3) is 10.8 Å². The summed E-state index contributed by atoms with van der Waals surface area (Å²) in [6.45, 7) is 0. The Morgan fingerprint density at radius 1 is 0.800 bits per heavy atom. The fourth-order valence-corrected chi connectivity index (χ4v) is 3.78. The summed E-state index contributed by atoms with van der Waals surface area (Å²) in [5, 5.41) is 8.10. The lowest BCUT2D eigenvalue weighted by atomic mass is 10.1. The highest BCUT2D eigenvalue weighted by molar-refractivity contribution is 6.06. The summed E-state index contributed by atoms with van der Waals surface area (Å²) in [6.07, 6.45) is 5.11. The molecule has 3 aromatic carbocycles. The number of carbonyl (C=O) groups is 1. The molecule has 0 saturated heterocycles. The van der Waals surface area contributed by atoms with E-state index in [1.165, 1.54) is 12.1 Å². The van der Waals surface area contributed by atoms with Gasteiger partial charge >= 0.3 is 0 Å². The minimum atomic E-state index is -0.322. The fourth-order valence-electron chi connectivity index (χ4n) is 3.78. The van der Waals surface area contributed by atoms with E-state index in [0.717, 1.165) is 28.1 Å². The third-order valence-corrected chi connectivity index (χ3v) is 5.63. The molecule has 5 aromatic rings. The van der Waals surface area contributed by atoms with Crippen LogP contribution in [0.5, 0.6) is 0 Å². The van der Waals surface area contributed by atoms with E-state index < -0.39 is 0 Å². The first-order valence-corrected chi connectivity index (χ1v) is 11.0. The Kier molecular flexibility index (Phi) is 6.05. The maximum absolute atomic E-state index is 13.7. The quantitative estimate of drug-likeness (QED) is 0.299. The van der Waals surface area contributed by atoms with Crippen molar-refractivity contribution in [3.8, 4) is 0 Å². The molecule has 5 rings (SSSR count). The molecule has 2 heterocycles. The van der Waals surface area contributed by atoms with E-state index >= 15 is 0 Å². The van der Waals surface area contributed by atoms with Gasteiger partial charge in [-0.3, -0.25) is 9.78 Å². The summed E-state index contributed by atoms with van der Waals surface area (Å²) >= 11 is 0. The van der Waals surface area contributed by atoms with Gasteiger partial charge in [0.2, 0.25) is 0 Å². The zero-order valence-corrected chi connectivity index (χ0v) is 18.9. The normalized spacial score (nSPS) is 10.7. The first kappa shape index (κ1) is 22.0. The zero-order valence-electron chi connectivity index (χ0n) is 18.9. The molecule has 0 unspecified atom stereocenters. The summed E-state index contributed by atoms with van der Waals surface area (Å²) in [7, 11) is 1.74. The number of hydrogen-bond donors (Lipinski definition) is 2. The molecule has 7 heteroatoms. The van der Waals surface area contributed by atoms with E-state index in [1.54, 1.807) is 48.7 Å². The van der Waals surface area contributed by atoms with Gasteiger partial charge in [-0.2, -0.15) is 0 Å². The molecule has 35 heavy (non-hydrogen) atoms. The first-order valence-electron chi connectivity index (χ1n) is 11.0. The van der Waals surface area contributed by atoms with Gasteiger partial charge < -0.3 is 15.5 Å². The lowest BCUT2D eigenvalue weighted by Crippen LogP contribution is -2.26. The number of aromatic nitrogens is 2. The molecule has 0 atom stereocenters. The van der Waals surface area contributed by atoms with Crippen LogP contribution in [-0.2, 0) is 0 Å². The Morgan fingerprint density at radius 3 is 2.37 bits per heavy atom. The van der Waals surface area contributed by atoms with Crippen LogP contribution >= 0.6 is 0 Å². The lowest BCUT2D eigenvalue weighted by molar-refractivity contribution is 0.0993. The predicted octanol–water partition coefficient (Wildman–Crippen LogP) is 6.53. The van der Waals surface area contributed by atoms with Crippen molar-refractivity contribution in [1.29, 1.82) is 0 Å². The van der Waals surface area contributed by atoms with Crippen molar-refractivity contribution in [2.75, 3.05) is 22.6 Å². The number of hydrogen-bond acceptors (Lipinski definition) is 5. The van der Waals surface area contributed by atoms with Crippen LogP contribution in [0.15, 0.2) is 104 Å². The highest BCUT2D eigenvalue weighted by atomic mass is 19.1. The highest BCUT2D eigenvalue weighted by Crippen LogP contribution is 2.26. The Balaban J connectivity index is 1.31. The number of benzene rings is 3. The van der Waals surface area contributed by atoms with Gasteiger partial charge in [-0.15, -0.1) is 0 Å². The second kappa shape index (κ2) is 9.61. The highest BCUT2D eigenvalue weighted by Gasteiger charge is 2.14. The summed E-state index contributed by atoms with van der Waals surface area (Å²) in [5.74, 6) is 0.0947. The molecule has 172 valence electrons. The zero-order chi connectivity index (χ0) is 24.2. The van der Waals surface area contributed by atoms with E-state index in [9.17, 15) is 9.18 Å². The van der Waals surface area contributed by atoms with Crippen LogP contribution in [-0.4, -0.2) is 22.9 Å². The topological polar surface area (TPSA) is 70.2 Å². The van der Waals surface area contributed by atoms with Gasteiger partial charge in [0.15, 0.2) is 0 Å². The van der Waals surface area contributed by atoms with Gasteiger partial charge in [-0.05, 0) is 78.2 Å². The van der Waals surface area contributed by atoms with Crippen molar-refractivity contribution in [2.24, 2.45) is 0 Å². The van der Waals surface area contributed by atoms with Crippen LogP contribution < -0.4 is 15.5 Å². The van der Waals surface area contributed by atoms with Crippen molar-refractivity contribution in [3.05, 3.63) is 115 Å². The first-order chi connectivity index (χ1) is 17.1. The average Bonchev–Trinajstić information content (AvgIpc) is 2.89. The monoisotopic (exact) mass is 463 g/mol. The largest absolute Gasteiger partial charge is 0.355 e. The van der Waals surface area contributed by atoms with Crippen molar-refractivity contribution >= 4 is 45.2 Å². The number of rotatable bonds is 6. The third-order valence-electron chi connectivity index (χ3n) is 5.63. The molecule has 0 aliphatic heterocycles. The van der Waals surface area contributed by atoms with Gasteiger partial charge in [0.25, 0.3) is 5.91 Å². The SMILES string of the molecule is CN(C(=O)c1ccc(Nc2nccc3ccc(F)cc23)cc1)c1cccc(Nc2ccncc2)c1. The van der Waals surface area contributed by atoms with Crippen molar-refractivity contribution in [2.45, 2.75) is 0 Å². The molecule has 0 bridgehead atoms. The van der Waals surface area contributed by atoms with E-state index in [-0.39, 0.29) is 11.7 Å². The molecule has 2 N–H and O–H groups in total. The molecule has 6 nitrogen and oxygen atoms in total. The molecular weight excluding hydrogens is 441 g/mol. The Hall–Kier alpha value is -4.78. The molecule has 0 aliphatic carbocycles. The number of pyridine rings is 2. The van der Waals surface area contributed by atoms with Crippen LogP contribution in [0.2, 0.25) is 0 Å². The molecule has 0 aliphatic rings. The predicted molar refractivity (Wildman–Crippen MR) is 138 cm³/mol. The van der Waals surface area contributed by atoms with Crippen LogP contribution in [0.1, 0.15) is 10.4 Å². The van der Waals surface area contributed by atoms with Gasteiger partial charge in [0.1, 0.15) is 11.6 Å². The van der Waals surface area contributed by atoms with Crippen LogP contribution in [0.3, 0.4) is 0 Å². The molecule has 1 amide bonds. The molecule has 0 spiro atoms. The van der Waals surface area contributed by atoms with E-state index in [2.05, 4.69) is 20.6 Å². The number of fused-ring (bicyclic) bond motifs is 1. The van der Waals surface area contributed by atoms with Crippen molar-refractivity contribution in [3.63, 3.8) is 0 Å². The van der Waals surface area contributed by atoms with Gasteiger partial charge in [0, 0.05) is 59.3 Å². The van der Waals surface area contributed by atoms with Crippen molar-refractivity contribution in [1.82, 2.24) is 9.97 Å². The van der Waals surface area contributed by atoms with E-state index in [0.29, 0.717) is 16.8 Å². The average molecular weight is 464 g/mol. The molecule has 0 radical (unpaired) electrons. The minimum absolute atomic E-state index is 0.136. The van der Waals surface area contributed by atoms with E-state index in [1.807, 2.05) is 54.6 Å².